The van der Waals surface area contributed by atoms with Crippen molar-refractivity contribution in [2.24, 2.45) is 0 Å². The van der Waals surface area contributed by atoms with Gasteiger partial charge in [-0.15, -0.1) is 0 Å². The normalized spacial score (nSPS) is 10.5. The molecule has 0 aliphatic carbocycles. The average molecular weight is 284 g/mol. The molecular formula is C13H11ClFNO3. The molecule has 0 aliphatic heterocycles. The molecule has 100 valence electrons. The van der Waals surface area contributed by atoms with Gasteiger partial charge in [-0.2, -0.15) is 0 Å². The van der Waals surface area contributed by atoms with E-state index in [4.69, 9.17) is 20.8 Å². The number of oxazole rings is 1. The van der Waals surface area contributed by atoms with Crippen LogP contribution in [0, 0.1) is 12.7 Å². The largest absolute Gasteiger partial charge is 0.460 e. The Bertz CT molecular complexity index is 624. The number of aryl methyl sites for hydroxylation is 1. The van der Waals surface area contributed by atoms with Gasteiger partial charge < -0.3 is 9.15 Å². The summed E-state index contributed by atoms with van der Waals surface area (Å²) in [7, 11) is 0. The van der Waals surface area contributed by atoms with E-state index >= 15 is 0 Å². The summed E-state index contributed by atoms with van der Waals surface area (Å²) in [5, 5.41) is 0.164. The summed E-state index contributed by atoms with van der Waals surface area (Å²) in [6, 6.07) is 3.84. The van der Waals surface area contributed by atoms with Crippen LogP contribution in [0.4, 0.5) is 4.39 Å². The van der Waals surface area contributed by atoms with Crippen LogP contribution >= 0.6 is 11.6 Å². The summed E-state index contributed by atoms with van der Waals surface area (Å²) < 4.78 is 23.2. The molecule has 1 aromatic carbocycles. The summed E-state index contributed by atoms with van der Waals surface area (Å²) >= 11 is 5.91. The van der Waals surface area contributed by atoms with E-state index in [0.29, 0.717) is 11.3 Å². The topological polar surface area (TPSA) is 52.3 Å². The van der Waals surface area contributed by atoms with Crippen LogP contribution in [0.1, 0.15) is 23.2 Å². The number of nitrogens with zero attached hydrogens (tertiary/aromatic N) is 1. The molecule has 6 heteroatoms. The second-order valence-corrected chi connectivity index (χ2v) is 4.19. The number of rotatable bonds is 3. The highest BCUT2D eigenvalue weighted by Crippen LogP contribution is 2.29. The van der Waals surface area contributed by atoms with Crippen molar-refractivity contribution in [2.45, 2.75) is 13.8 Å². The van der Waals surface area contributed by atoms with Crippen molar-refractivity contribution >= 4 is 17.6 Å². The molecular weight excluding hydrogens is 273 g/mol. The van der Waals surface area contributed by atoms with Crippen molar-refractivity contribution in [2.75, 3.05) is 6.61 Å². The van der Waals surface area contributed by atoms with Gasteiger partial charge in [-0.3, -0.25) is 0 Å². The molecule has 0 amide bonds. The standard InChI is InChI=1S/C13H11ClFNO3/c1-3-18-13(17)11-7(2)16-12(19-11)9-5-4-8(15)6-10(9)14/h4-6H,3H2,1-2H3. The number of hydrogen-bond acceptors (Lipinski definition) is 4. The van der Waals surface area contributed by atoms with Gasteiger partial charge in [0.2, 0.25) is 11.7 Å². The van der Waals surface area contributed by atoms with Gasteiger partial charge in [0.15, 0.2) is 0 Å². The SMILES string of the molecule is CCOC(=O)c1oc(-c2ccc(F)cc2Cl)nc1C. The Morgan fingerprint density at radius 3 is 2.89 bits per heavy atom. The van der Waals surface area contributed by atoms with Crippen molar-refractivity contribution in [3.63, 3.8) is 0 Å². The molecule has 0 aliphatic rings. The first-order valence-corrected chi connectivity index (χ1v) is 6.00. The third kappa shape index (κ3) is 2.76. The maximum Gasteiger partial charge on any atom is 0.376 e. The van der Waals surface area contributed by atoms with Crippen LogP contribution < -0.4 is 0 Å². The first-order chi connectivity index (χ1) is 9.02. The van der Waals surface area contributed by atoms with Crippen LogP contribution in [-0.2, 0) is 4.74 Å². The number of aromatic nitrogens is 1. The number of ether oxygens (including phenoxy) is 1. The van der Waals surface area contributed by atoms with Gasteiger partial charge in [0.05, 0.1) is 22.9 Å². The van der Waals surface area contributed by atoms with Crippen LogP contribution in [0.2, 0.25) is 5.02 Å². The molecule has 0 saturated carbocycles. The maximum absolute atomic E-state index is 13.0. The monoisotopic (exact) mass is 283 g/mol. The highest BCUT2D eigenvalue weighted by atomic mass is 35.5. The molecule has 2 rings (SSSR count). The molecule has 0 radical (unpaired) electrons. The summed E-state index contributed by atoms with van der Waals surface area (Å²) in [4.78, 5) is 15.7. The zero-order chi connectivity index (χ0) is 14.0. The lowest BCUT2D eigenvalue weighted by atomic mass is 10.2. The van der Waals surface area contributed by atoms with E-state index in [1.54, 1.807) is 13.8 Å². The molecule has 0 atom stereocenters. The van der Waals surface area contributed by atoms with E-state index < -0.39 is 11.8 Å². The number of halogens is 2. The van der Waals surface area contributed by atoms with Gasteiger partial charge in [-0.05, 0) is 32.0 Å². The van der Waals surface area contributed by atoms with E-state index in [1.165, 1.54) is 12.1 Å². The van der Waals surface area contributed by atoms with Gasteiger partial charge >= 0.3 is 5.97 Å². The first-order valence-electron chi connectivity index (χ1n) is 5.63. The van der Waals surface area contributed by atoms with Crippen molar-refractivity contribution in [3.05, 3.63) is 40.5 Å². The van der Waals surface area contributed by atoms with Gasteiger partial charge in [-0.1, -0.05) is 11.6 Å². The van der Waals surface area contributed by atoms with Crippen LogP contribution in [0.5, 0.6) is 0 Å². The molecule has 1 aromatic heterocycles. The zero-order valence-corrected chi connectivity index (χ0v) is 11.1. The Balaban J connectivity index is 2.42. The number of carbonyl (C=O) groups is 1. The third-order valence-corrected chi connectivity index (χ3v) is 2.73. The van der Waals surface area contributed by atoms with Crippen LogP contribution in [0.3, 0.4) is 0 Å². The smallest absolute Gasteiger partial charge is 0.376 e. The molecule has 0 fully saturated rings. The molecule has 0 spiro atoms. The van der Waals surface area contributed by atoms with Gasteiger partial charge in [-0.25, -0.2) is 14.2 Å². The van der Waals surface area contributed by atoms with Crippen molar-refractivity contribution < 1.29 is 18.3 Å². The van der Waals surface area contributed by atoms with Crippen molar-refractivity contribution in [3.8, 4) is 11.5 Å². The van der Waals surface area contributed by atoms with Crippen molar-refractivity contribution in [1.29, 1.82) is 0 Å². The van der Waals surface area contributed by atoms with Gasteiger partial charge in [0, 0.05) is 0 Å². The molecule has 1 heterocycles. The lowest BCUT2D eigenvalue weighted by Gasteiger charge is -1.99. The number of carbonyl (C=O) groups excluding carboxylic acids is 1. The van der Waals surface area contributed by atoms with E-state index in [1.807, 2.05) is 0 Å². The molecule has 0 N–H and O–H groups in total. The Kier molecular flexibility index (Phi) is 3.85. The van der Waals surface area contributed by atoms with E-state index in [2.05, 4.69) is 4.98 Å². The third-order valence-electron chi connectivity index (χ3n) is 2.42. The fraction of sp³-hybridized carbons (Fsp3) is 0.231. The molecule has 4 nitrogen and oxygen atoms in total. The fourth-order valence-corrected chi connectivity index (χ4v) is 1.81. The van der Waals surface area contributed by atoms with Crippen LogP contribution in [-0.4, -0.2) is 17.6 Å². The Labute approximate surface area is 114 Å². The van der Waals surface area contributed by atoms with Crippen LogP contribution in [0.25, 0.3) is 11.5 Å². The minimum absolute atomic E-state index is 0.0252. The molecule has 2 aromatic rings. The van der Waals surface area contributed by atoms with Gasteiger partial charge in [0.1, 0.15) is 5.82 Å². The molecule has 0 unspecified atom stereocenters. The van der Waals surface area contributed by atoms with Crippen molar-refractivity contribution in [1.82, 2.24) is 4.98 Å². The lowest BCUT2D eigenvalue weighted by molar-refractivity contribution is 0.0490. The second-order valence-electron chi connectivity index (χ2n) is 3.78. The molecule has 0 saturated heterocycles. The van der Waals surface area contributed by atoms with Gasteiger partial charge in [0.25, 0.3) is 0 Å². The summed E-state index contributed by atoms with van der Waals surface area (Å²) in [5.41, 5.74) is 0.815. The quantitative estimate of drug-likeness (QED) is 0.807. The van der Waals surface area contributed by atoms with E-state index in [9.17, 15) is 9.18 Å². The zero-order valence-electron chi connectivity index (χ0n) is 10.4. The summed E-state index contributed by atoms with van der Waals surface area (Å²) in [5.74, 6) is -0.859. The minimum Gasteiger partial charge on any atom is -0.460 e. The average Bonchev–Trinajstić information content (AvgIpc) is 2.71. The maximum atomic E-state index is 13.0. The lowest BCUT2D eigenvalue weighted by Crippen LogP contribution is -2.04. The van der Waals surface area contributed by atoms with E-state index in [0.717, 1.165) is 6.07 Å². The Morgan fingerprint density at radius 1 is 1.53 bits per heavy atom. The summed E-state index contributed by atoms with van der Waals surface area (Å²) in [6.07, 6.45) is 0. The predicted octanol–water partition coefficient (Wildman–Crippen LogP) is 3.62. The number of esters is 1. The fourth-order valence-electron chi connectivity index (χ4n) is 1.56. The van der Waals surface area contributed by atoms with Crippen LogP contribution in [0.15, 0.2) is 22.6 Å². The first kappa shape index (κ1) is 13.5. The number of benzene rings is 1. The summed E-state index contributed by atoms with van der Waals surface area (Å²) in [6.45, 7) is 3.56. The highest BCUT2D eigenvalue weighted by molar-refractivity contribution is 6.33. The van der Waals surface area contributed by atoms with E-state index in [-0.39, 0.29) is 23.3 Å². The predicted molar refractivity (Wildman–Crippen MR) is 67.6 cm³/mol. The second kappa shape index (κ2) is 5.40. The minimum atomic E-state index is -0.586. The molecule has 19 heavy (non-hydrogen) atoms. The Hall–Kier alpha value is -1.88. The highest BCUT2D eigenvalue weighted by Gasteiger charge is 2.20. The Morgan fingerprint density at radius 2 is 2.26 bits per heavy atom. The number of hydrogen-bond donors (Lipinski definition) is 0. The molecule has 0 bridgehead atoms.